The zero-order valence-corrected chi connectivity index (χ0v) is 14.0. The number of piperidine rings is 1. The summed E-state index contributed by atoms with van der Waals surface area (Å²) in [5, 5.41) is 1.50. The van der Waals surface area contributed by atoms with E-state index in [2.05, 4.69) is 16.0 Å². The molecule has 3 fully saturated rings. The van der Waals surface area contributed by atoms with Gasteiger partial charge in [-0.25, -0.2) is 5.06 Å². The number of carbonyl (C=O) groups is 1. The van der Waals surface area contributed by atoms with E-state index in [9.17, 15) is 4.79 Å². The molecule has 1 spiro atoms. The molecule has 4 heterocycles. The number of hydrogen-bond donors (Lipinski definition) is 0. The van der Waals surface area contributed by atoms with Crippen molar-refractivity contribution in [3.05, 3.63) is 30.1 Å². The summed E-state index contributed by atoms with van der Waals surface area (Å²) in [7, 11) is 0. The van der Waals surface area contributed by atoms with Crippen molar-refractivity contribution in [2.45, 2.75) is 50.4 Å². The standard InChI is InChI=1S/C18H25N3O3/c22-17(21-9-2-12-23-21)16-4-5-18(24-16)6-10-20(11-7-18)14-15-3-1-8-19-13-15/h1,3,8,13,16H,2,4-7,9-12,14H2/t16-/m0/s1. The minimum atomic E-state index is -0.312. The van der Waals surface area contributed by atoms with Crippen molar-refractivity contribution in [2.24, 2.45) is 0 Å². The van der Waals surface area contributed by atoms with Crippen LogP contribution >= 0.6 is 0 Å². The quantitative estimate of drug-likeness (QED) is 0.845. The molecule has 24 heavy (non-hydrogen) atoms. The van der Waals surface area contributed by atoms with Crippen LogP contribution in [0.3, 0.4) is 0 Å². The summed E-state index contributed by atoms with van der Waals surface area (Å²) in [5.74, 6) is 0.0159. The maximum absolute atomic E-state index is 12.4. The van der Waals surface area contributed by atoms with Crippen LogP contribution in [-0.4, -0.2) is 58.8 Å². The molecule has 0 aromatic carbocycles. The Morgan fingerprint density at radius 2 is 2.17 bits per heavy atom. The van der Waals surface area contributed by atoms with Crippen molar-refractivity contribution in [1.82, 2.24) is 14.9 Å². The van der Waals surface area contributed by atoms with Gasteiger partial charge in [0.15, 0.2) is 0 Å². The number of nitrogens with zero attached hydrogens (tertiary/aromatic N) is 3. The second-order valence-corrected chi connectivity index (χ2v) is 7.09. The molecule has 3 aliphatic rings. The highest BCUT2D eigenvalue weighted by atomic mass is 16.7. The second kappa shape index (κ2) is 6.78. The van der Waals surface area contributed by atoms with E-state index in [-0.39, 0.29) is 17.6 Å². The minimum Gasteiger partial charge on any atom is -0.362 e. The van der Waals surface area contributed by atoms with Crippen molar-refractivity contribution < 1.29 is 14.4 Å². The predicted octanol–water partition coefficient (Wildman–Crippen LogP) is 1.76. The molecular formula is C18H25N3O3. The number of carbonyl (C=O) groups excluding carboxylic acids is 1. The molecule has 0 N–H and O–H groups in total. The Balaban J connectivity index is 1.30. The average molecular weight is 331 g/mol. The first-order chi connectivity index (χ1) is 11.7. The fourth-order valence-electron chi connectivity index (χ4n) is 4.01. The summed E-state index contributed by atoms with van der Waals surface area (Å²) in [6.45, 7) is 4.30. The van der Waals surface area contributed by atoms with E-state index in [0.717, 1.165) is 51.7 Å². The molecular weight excluding hydrogens is 306 g/mol. The third-order valence-corrected chi connectivity index (χ3v) is 5.42. The maximum Gasteiger partial charge on any atom is 0.275 e. The highest BCUT2D eigenvalue weighted by molar-refractivity contribution is 5.80. The molecule has 0 unspecified atom stereocenters. The molecule has 1 aromatic heterocycles. The predicted molar refractivity (Wildman–Crippen MR) is 87.9 cm³/mol. The minimum absolute atomic E-state index is 0.0159. The Morgan fingerprint density at radius 1 is 1.29 bits per heavy atom. The molecule has 1 aromatic rings. The van der Waals surface area contributed by atoms with E-state index in [1.165, 1.54) is 10.6 Å². The fourth-order valence-corrected chi connectivity index (χ4v) is 4.01. The van der Waals surface area contributed by atoms with Crippen LogP contribution in [0, 0.1) is 0 Å². The fraction of sp³-hybridized carbons (Fsp3) is 0.667. The first-order valence-electron chi connectivity index (χ1n) is 8.98. The number of likely N-dealkylation sites (tertiary alicyclic amines) is 1. The van der Waals surface area contributed by atoms with Gasteiger partial charge in [0.2, 0.25) is 0 Å². The summed E-state index contributed by atoms with van der Waals surface area (Å²) in [6, 6.07) is 4.10. The molecule has 130 valence electrons. The third-order valence-electron chi connectivity index (χ3n) is 5.42. The van der Waals surface area contributed by atoms with Crippen LogP contribution in [0.15, 0.2) is 24.5 Å². The van der Waals surface area contributed by atoms with Gasteiger partial charge >= 0.3 is 0 Å². The first-order valence-corrected chi connectivity index (χ1v) is 8.98. The zero-order valence-electron chi connectivity index (χ0n) is 14.0. The molecule has 0 radical (unpaired) electrons. The SMILES string of the molecule is O=C([C@@H]1CCC2(CCN(Cc3cccnc3)CC2)O1)N1CCCO1. The number of rotatable bonds is 3. The van der Waals surface area contributed by atoms with E-state index in [1.54, 1.807) is 0 Å². The highest BCUT2D eigenvalue weighted by Gasteiger charge is 2.46. The lowest BCUT2D eigenvalue weighted by atomic mass is 9.88. The van der Waals surface area contributed by atoms with Gasteiger partial charge in [0, 0.05) is 32.0 Å². The Bertz CT molecular complexity index is 566. The smallest absolute Gasteiger partial charge is 0.275 e. The molecule has 1 amide bonds. The molecule has 0 aliphatic carbocycles. The Morgan fingerprint density at radius 3 is 2.88 bits per heavy atom. The number of aromatic nitrogens is 1. The lowest BCUT2D eigenvalue weighted by Gasteiger charge is -2.39. The van der Waals surface area contributed by atoms with Gasteiger partial charge in [-0.05, 0) is 43.7 Å². The summed E-state index contributed by atoms with van der Waals surface area (Å²) in [4.78, 5) is 24.4. The number of ether oxygens (including phenoxy) is 1. The summed E-state index contributed by atoms with van der Waals surface area (Å²) in [6.07, 6.45) is 8.15. The molecule has 6 heteroatoms. The van der Waals surface area contributed by atoms with Crippen LogP contribution in [0.25, 0.3) is 0 Å². The Kier molecular flexibility index (Phi) is 4.52. The topological polar surface area (TPSA) is 54.9 Å². The molecule has 6 nitrogen and oxygen atoms in total. The van der Waals surface area contributed by atoms with Gasteiger partial charge in [-0.3, -0.25) is 19.5 Å². The van der Waals surface area contributed by atoms with Crippen molar-refractivity contribution in [3.63, 3.8) is 0 Å². The van der Waals surface area contributed by atoms with E-state index < -0.39 is 0 Å². The maximum atomic E-state index is 12.4. The van der Waals surface area contributed by atoms with Gasteiger partial charge in [-0.15, -0.1) is 0 Å². The zero-order chi connectivity index (χ0) is 16.4. The largest absolute Gasteiger partial charge is 0.362 e. The summed E-state index contributed by atoms with van der Waals surface area (Å²) >= 11 is 0. The van der Waals surface area contributed by atoms with Crippen LogP contribution in [0.1, 0.15) is 37.7 Å². The number of hydrogen-bond acceptors (Lipinski definition) is 5. The number of amides is 1. The van der Waals surface area contributed by atoms with Crippen molar-refractivity contribution in [1.29, 1.82) is 0 Å². The highest BCUT2D eigenvalue weighted by Crippen LogP contribution is 2.39. The molecule has 4 rings (SSSR count). The van der Waals surface area contributed by atoms with Gasteiger partial charge in [0.25, 0.3) is 5.91 Å². The van der Waals surface area contributed by atoms with Gasteiger partial charge in [0.1, 0.15) is 6.10 Å². The normalized spacial score (nSPS) is 27.0. The Labute approximate surface area is 142 Å². The lowest BCUT2D eigenvalue weighted by Crippen LogP contribution is -2.45. The van der Waals surface area contributed by atoms with E-state index in [1.807, 2.05) is 18.5 Å². The average Bonchev–Trinajstić information content (AvgIpc) is 3.28. The first kappa shape index (κ1) is 16.0. The van der Waals surface area contributed by atoms with Gasteiger partial charge in [-0.2, -0.15) is 0 Å². The van der Waals surface area contributed by atoms with Crippen molar-refractivity contribution in [2.75, 3.05) is 26.2 Å². The third kappa shape index (κ3) is 3.31. The van der Waals surface area contributed by atoms with E-state index in [0.29, 0.717) is 13.2 Å². The monoisotopic (exact) mass is 331 g/mol. The van der Waals surface area contributed by atoms with Gasteiger partial charge in [-0.1, -0.05) is 6.07 Å². The number of hydroxylamine groups is 2. The summed E-state index contributed by atoms with van der Waals surface area (Å²) in [5.41, 5.74) is 1.14. The number of pyridine rings is 1. The van der Waals surface area contributed by atoms with Crippen molar-refractivity contribution >= 4 is 5.91 Å². The van der Waals surface area contributed by atoms with Crippen LogP contribution in [0.2, 0.25) is 0 Å². The van der Waals surface area contributed by atoms with Gasteiger partial charge in [0.05, 0.1) is 18.8 Å². The van der Waals surface area contributed by atoms with E-state index in [4.69, 9.17) is 9.57 Å². The molecule has 3 saturated heterocycles. The van der Waals surface area contributed by atoms with Crippen molar-refractivity contribution in [3.8, 4) is 0 Å². The molecule has 0 bridgehead atoms. The van der Waals surface area contributed by atoms with Crippen LogP contribution in [0.4, 0.5) is 0 Å². The van der Waals surface area contributed by atoms with Crippen LogP contribution in [-0.2, 0) is 20.9 Å². The molecule has 1 atom stereocenters. The lowest BCUT2D eigenvalue weighted by molar-refractivity contribution is -0.185. The van der Waals surface area contributed by atoms with Gasteiger partial charge < -0.3 is 4.74 Å². The molecule has 3 aliphatic heterocycles. The summed E-state index contributed by atoms with van der Waals surface area (Å²) < 4.78 is 6.25. The Hall–Kier alpha value is -1.50. The van der Waals surface area contributed by atoms with Crippen LogP contribution in [0.5, 0.6) is 0 Å². The van der Waals surface area contributed by atoms with Crippen LogP contribution < -0.4 is 0 Å². The van der Waals surface area contributed by atoms with E-state index >= 15 is 0 Å². The molecule has 0 saturated carbocycles. The second-order valence-electron chi connectivity index (χ2n) is 7.09.